The third kappa shape index (κ3) is 2.93. The van der Waals surface area contributed by atoms with Crippen LogP contribution in [0.4, 0.5) is 0 Å². The molecule has 0 bridgehead atoms. The highest BCUT2D eigenvalue weighted by molar-refractivity contribution is 5.81. The highest BCUT2D eigenvalue weighted by Crippen LogP contribution is 2.24. The van der Waals surface area contributed by atoms with Gasteiger partial charge in [0.15, 0.2) is 5.82 Å². The van der Waals surface area contributed by atoms with Gasteiger partial charge in [-0.2, -0.15) is 4.98 Å². The molecule has 0 saturated heterocycles. The molecule has 0 radical (unpaired) electrons. The lowest BCUT2D eigenvalue weighted by Gasteiger charge is -2.18. The van der Waals surface area contributed by atoms with E-state index in [4.69, 9.17) is 4.52 Å². The average Bonchev–Trinajstić information content (AvgIpc) is 2.80. The molecular weight excluding hydrogens is 216 g/mol. The topological polar surface area (TPSA) is 56.0 Å². The van der Waals surface area contributed by atoms with Crippen LogP contribution in [0.1, 0.15) is 63.6 Å². The fourth-order valence-electron chi connectivity index (χ4n) is 2.22. The molecule has 1 aliphatic rings. The summed E-state index contributed by atoms with van der Waals surface area (Å²) in [5.74, 6) is 2.19. The first-order valence-electron chi connectivity index (χ1n) is 6.56. The van der Waals surface area contributed by atoms with E-state index in [-0.39, 0.29) is 5.92 Å². The molecule has 1 fully saturated rings. The van der Waals surface area contributed by atoms with Crippen molar-refractivity contribution in [3.8, 4) is 0 Å². The Morgan fingerprint density at radius 1 is 1.47 bits per heavy atom. The van der Waals surface area contributed by atoms with Crippen molar-refractivity contribution in [3.05, 3.63) is 11.7 Å². The van der Waals surface area contributed by atoms with Crippen LogP contribution in [0, 0.1) is 5.92 Å². The van der Waals surface area contributed by atoms with Crippen molar-refractivity contribution in [2.75, 3.05) is 0 Å². The van der Waals surface area contributed by atoms with E-state index in [1.54, 1.807) is 0 Å². The molecule has 0 N–H and O–H groups in total. The van der Waals surface area contributed by atoms with E-state index in [1.165, 1.54) is 0 Å². The van der Waals surface area contributed by atoms with Gasteiger partial charge in [0, 0.05) is 24.7 Å². The van der Waals surface area contributed by atoms with E-state index in [9.17, 15) is 4.79 Å². The molecule has 0 aliphatic heterocycles. The maximum Gasteiger partial charge on any atom is 0.227 e. The largest absolute Gasteiger partial charge is 0.339 e. The molecule has 1 heterocycles. The van der Waals surface area contributed by atoms with E-state index in [1.807, 2.05) is 0 Å². The lowest BCUT2D eigenvalue weighted by molar-refractivity contribution is -0.124. The van der Waals surface area contributed by atoms with E-state index >= 15 is 0 Å². The van der Waals surface area contributed by atoms with E-state index in [0.717, 1.165) is 37.9 Å². The minimum atomic E-state index is 0.106. The number of hydrogen-bond donors (Lipinski definition) is 0. The summed E-state index contributed by atoms with van der Waals surface area (Å²) in [6.07, 6.45) is 5.50. The van der Waals surface area contributed by atoms with Crippen LogP contribution < -0.4 is 0 Å². The standard InChI is InChI=1S/C13H20N2O2/c1-3-9(2)13-14-12(17-15-13)8-10-6-4-5-7-11(10)16/h9-10H,3-8H2,1-2H3. The molecule has 1 saturated carbocycles. The molecule has 2 rings (SSSR count). The molecule has 0 spiro atoms. The second kappa shape index (κ2) is 5.43. The van der Waals surface area contributed by atoms with Crippen LogP contribution in [-0.2, 0) is 11.2 Å². The van der Waals surface area contributed by atoms with Crippen LogP contribution >= 0.6 is 0 Å². The molecule has 1 aliphatic carbocycles. The maximum atomic E-state index is 11.7. The zero-order valence-corrected chi connectivity index (χ0v) is 10.6. The predicted octanol–water partition coefficient (Wildman–Crippen LogP) is 2.88. The SMILES string of the molecule is CCC(C)c1noc(CC2CCCCC2=O)n1. The number of aromatic nitrogens is 2. The summed E-state index contributed by atoms with van der Waals surface area (Å²) in [7, 11) is 0. The van der Waals surface area contributed by atoms with Crippen LogP contribution in [-0.4, -0.2) is 15.9 Å². The normalized spacial score (nSPS) is 22.7. The van der Waals surface area contributed by atoms with Gasteiger partial charge in [-0.3, -0.25) is 4.79 Å². The van der Waals surface area contributed by atoms with Gasteiger partial charge in [0.2, 0.25) is 5.89 Å². The maximum absolute atomic E-state index is 11.7. The van der Waals surface area contributed by atoms with Crippen molar-refractivity contribution < 1.29 is 9.32 Å². The second-order valence-electron chi connectivity index (χ2n) is 4.97. The highest BCUT2D eigenvalue weighted by atomic mass is 16.5. The van der Waals surface area contributed by atoms with E-state index < -0.39 is 0 Å². The van der Waals surface area contributed by atoms with Gasteiger partial charge in [-0.05, 0) is 19.3 Å². The summed E-state index contributed by atoms with van der Waals surface area (Å²) in [6, 6.07) is 0. The van der Waals surface area contributed by atoms with E-state index in [0.29, 0.717) is 24.0 Å². The predicted molar refractivity (Wildman–Crippen MR) is 63.7 cm³/mol. The Hall–Kier alpha value is -1.19. The first-order valence-corrected chi connectivity index (χ1v) is 6.56. The Morgan fingerprint density at radius 2 is 2.29 bits per heavy atom. The molecule has 1 aromatic rings. The van der Waals surface area contributed by atoms with E-state index in [2.05, 4.69) is 24.0 Å². The quantitative estimate of drug-likeness (QED) is 0.806. The smallest absolute Gasteiger partial charge is 0.227 e. The van der Waals surface area contributed by atoms with Gasteiger partial charge in [0.25, 0.3) is 0 Å². The number of hydrogen-bond acceptors (Lipinski definition) is 4. The van der Waals surface area contributed by atoms with Crippen molar-refractivity contribution >= 4 is 5.78 Å². The summed E-state index contributed by atoms with van der Waals surface area (Å²) in [5.41, 5.74) is 0. The summed E-state index contributed by atoms with van der Waals surface area (Å²) < 4.78 is 5.23. The zero-order chi connectivity index (χ0) is 12.3. The van der Waals surface area contributed by atoms with Crippen LogP contribution in [0.5, 0.6) is 0 Å². The summed E-state index contributed by atoms with van der Waals surface area (Å²) in [5, 5.41) is 3.98. The van der Waals surface area contributed by atoms with Gasteiger partial charge in [-0.25, -0.2) is 0 Å². The minimum Gasteiger partial charge on any atom is -0.339 e. The number of carbonyl (C=O) groups excluding carboxylic acids is 1. The van der Waals surface area contributed by atoms with Gasteiger partial charge in [0.05, 0.1) is 0 Å². The van der Waals surface area contributed by atoms with Gasteiger partial charge in [-0.15, -0.1) is 0 Å². The van der Waals surface area contributed by atoms with Crippen molar-refractivity contribution in [2.45, 2.75) is 58.3 Å². The number of carbonyl (C=O) groups is 1. The van der Waals surface area contributed by atoms with Crippen molar-refractivity contribution in [3.63, 3.8) is 0 Å². The van der Waals surface area contributed by atoms with Crippen molar-refractivity contribution in [1.82, 2.24) is 10.1 Å². The van der Waals surface area contributed by atoms with Gasteiger partial charge in [-0.1, -0.05) is 25.4 Å². The second-order valence-corrected chi connectivity index (χ2v) is 4.97. The molecule has 2 atom stereocenters. The number of Topliss-reactive ketones (excluding diaryl/α,β-unsaturated/α-hetero) is 1. The average molecular weight is 236 g/mol. The number of nitrogens with zero attached hydrogens (tertiary/aromatic N) is 2. The molecule has 0 amide bonds. The molecule has 1 aromatic heterocycles. The lowest BCUT2D eigenvalue weighted by Crippen LogP contribution is -2.21. The molecule has 94 valence electrons. The minimum absolute atomic E-state index is 0.106. The molecule has 17 heavy (non-hydrogen) atoms. The van der Waals surface area contributed by atoms with Crippen LogP contribution in [0.15, 0.2) is 4.52 Å². The van der Waals surface area contributed by atoms with Gasteiger partial charge < -0.3 is 4.52 Å². The molecular formula is C13H20N2O2. The third-order valence-corrected chi connectivity index (χ3v) is 3.64. The lowest BCUT2D eigenvalue weighted by atomic mass is 9.86. The fraction of sp³-hybridized carbons (Fsp3) is 0.769. The third-order valence-electron chi connectivity index (χ3n) is 3.64. The number of ketones is 1. The van der Waals surface area contributed by atoms with Crippen molar-refractivity contribution in [2.24, 2.45) is 5.92 Å². The van der Waals surface area contributed by atoms with Crippen LogP contribution in [0.2, 0.25) is 0 Å². The highest BCUT2D eigenvalue weighted by Gasteiger charge is 2.25. The zero-order valence-electron chi connectivity index (χ0n) is 10.6. The van der Waals surface area contributed by atoms with Crippen LogP contribution in [0.25, 0.3) is 0 Å². The molecule has 4 nitrogen and oxygen atoms in total. The van der Waals surface area contributed by atoms with Gasteiger partial charge >= 0.3 is 0 Å². The monoisotopic (exact) mass is 236 g/mol. The van der Waals surface area contributed by atoms with Crippen LogP contribution in [0.3, 0.4) is 0 Å². The Morgan fingerprint density at radius 3 is 3.00 bits per heavy atom. The molecule has 4 heteroatoms. The first kappa shape index (κ1) is 12.3. The fourth-order valence-corrected chi connectivity index (χ4v) is 2.22. The summed E-state index contributed by atoms with van der Waals surface area (Å²) in [4.78, 5) is 16.1. The summed E-state index contributed by atoms with van der Waals surface area (Å²) >= 11 is 0. The first-order chi connectivity index (χ1) is 8.20. The molecule has 0 aromatic carbocycles. The Bertz CT molecular complexity index is 387. The Labute approximate surface area is 102 Å². The van der Waals surface area contributed by atoms with Gasteiger partial charge in [0.1, 0.15) is 5.78 Å². The Kier molecular flexibility index (Phi) is 3.92. The summed E-state index contributed by atoms with van der Waals surface area (Å²) in [6.45, 7) is 4.19. The molecule has 2 unspecified atom stereocenters. The Balaban J connectivity index is 1.98. The number of rotatable bonds is 4. The van der Waals surface area contributed by atoms with Crippen molar-refractivity contribution in [1.29, 1.82) is 0 Å².